The van der Waals surface area contributed by atoms with Gasteiger partial charge in [0.05, 0.1) is 6.54 Å². The number of guanidine groups is 1. The number of halogens is 4. The van der Waals surface area contributed by atoms with E-state index in [9.17, 15) is 17.6 Å². The van der Waals surface area contributed by atoms with E-state index in [2.05, 4.69) is 15.6 Å². The van der Waals surface area contributed by atoms with Crippen LogP contribution in [0.3, 0.4) is 0 Å². The topological polar surface area (TPSA) is 39.7 Å². The van der Waals surface area contributed by atoms with Crippen molar-refractivity contribution >= 4 is 5.96 Å². The standard InChI is InChI=1S/C17H24F4N4/c1-22-16(23-8-3-5-13-4-2-6-14(18)10-13)24-15-7-9-25(11-15)12-17(19,20)21/h2,4,6,10,15H,3,5,7-9,11-12H2,1H3,(H2,22,23,24). The molecule has 1 aliphatic rings. The minimum absolute atomic E-state index is 0.0447. The van der Waals surface area contributed by atoms with Gasteiger partial charge in [-0.2, -0.15) is 13.2 Å². The fourth-order valence-electron chi connectivity index (χ4n) is 2.93. The van der Waals surface area contributed by atoms with Gasteiger partial charge < -0.3 is 10.6 Å². The number of hydrogen-bond acceptors (Lipinski definition) is 2. The summed E-state index contributed by atoms with van der Waals surface area (Å²) in [5.74, 6) is 0.339. The van der Waals surface area contributed by atoms with Gasteiger partial charge in [-0.15, -0.1) is 0 Å². The van der Waals surface area contributed by atoms with Crippen LogP contribution in [0.25, 0.3) is 0 Å². The van der Waals surface area contributed by atoms with Crippen LogP contribution in [0.1, 0.15) is 18.4 Å². The van der Waals surface area contributed by atoms with E-state index in [1.807, 2.05) is 6.07 Å². The summed E-state index contributed by atoms with van der Waals surface area (Å²) >= 11 is 0. The van der Waals surface area contributed by atoms with Crippen LogP contribution in [0.4, 0.5) is 17.6 Å². The molecule has 1 atom stereocenters. The smallest absolute Gasteiger partial charge is 0.356 e. The Balaban J connectivity index is 1.67. The van der Waals surface area contributed by atoms with Crippen molar-refractivity contribution in [1.82, 2.24) is 15.5 Å². The normalized spacial score (nSPS) is 19.2. The molecule has 1 aromatic rings. The lowest BCUT2D eigenvalue weighted by molar-refractivity contribution is -0.143. The molecule has 0 aliphatic carbocycles. The van der Waals surface area contributed by atoms with Gasteiger partial charge in [-0.05, 0) is 37.0 Å². The Morgan fingerprint density at radius 2 is 2.16 bits per heavy atom. The maximum absolute atomic E-state index is 13.1. The zero-order chi connectivity index (χ0) is 18.3. The third-order valence-electron chi connectivity index (χ3n) is 4.06. The van der Waals surface area contributed by atoms with Gasteiger partial charge in [0.15, 0.2) is 5.96 Å². The SMILES string of the molecule is CN=C(NCCCc1cccc(F)c1)NC1CCN(CC(F)(F)F)C1. The highest BCUT2D eigenvalue weighted by molar-refractivity contribution is 5.79. The molecule has 1 unspecified atom stereocenters. The second-order valence-corrected chi connectivity index (χ2v) is 6.21. The first-order chi connectivity index (χ1) is 11.9. The van der Waals surface area contributed by atoms with Crippen LogP contribution in [0, 0.1) is 5.82 Å². The van der Waals surface area contributed by atoms with Crippen molar-refractivity contribution in [2.75, 3.05) is 33.2 Å². The number of benzene rings is 1. The molecule has 8 heteroatoms. The van der Waals surface area contributed by atoms with Crippen LogP contribution in [-0.2, 0) is 6.42 Å². The van der Waals surface area contributed by atoms with Gasteiger partial charge in [0.25, 0.3) is 0 Å². The second-order valence-electron chi connectivity index (χ2n) is 6.21. The molecular formula is C17H24F4N4. The number of nitrogens with one attached hydrogen (secondary N) is 2. The van der Waals surface area contributed by atoms with E-state index in [1.54, 1.807) is 13.1 Å². The molecule has 25 heavy (non-hydrogen) atoms. The molecule has 0 bridgehead atoms. The summed E-state index contributed by atoms with van der Waals surface area (Å²) in [5.41, 5.74) is 0.934. The first kappa shape index (κ1) is 19.5. The van der Waals surface area contributed by atoms with Crippen LogP contribution < -0.4 is 10.6 Å². The largest absolute Gasteiger partial charge is 0.401 e. The fraction of sp³-hybridized carbons (Fsp3) is 0.588. The highest BCUT2D eigenvalue weighted by atomic mass is 19.4. The maximum atomic E-state index is 13.1. The highest BCUT2D eigenvalue weighted by Gasteiger charge is 2.34. The average Bonchev–Trinajstić information content (AvgIpc) is 2.95. The molecule has 1 saturated heterocycles. The van der Waals surface area contributed by atoms with Gasteiger partial charge in [0.2, 0.25) is 0 Å². The third kappa shape index (κ3) is 7.29. The number of hydrogen-bond donors (Lipinski definition) is 2. The molecular weight excluding hydrogens is 336 g/mol. The molecule has 0 amide bonds. The number of aliphatic imine (C=N–C) groups is 1. The average molecular weight is 360 g/mol. The first-order valence-corrected chi connectivity index (χ1v) is 8.36. The van der Waals surface area contributed by atoms with Gasteiger partial charge in [-0.25, -0.2) is 4.39 Å². The summed E-state index contributed by atoms with van der Waals surface area (Å²) in [6, 6.07) is 6.45. The zero-order valence-electron chi connectivity index (χ0n) is 14.2. The van der Waals surface area contributed by atoms with Crippen molar-refractivity contribution in [3.63, 3.8) is 0 Å². The lowest BCUT2D eigenvalue weighted by Gasteiger charge is -2.19. The number of aryl methyl sites for hydroxylation is 1. The Morgan fingerprint density at radius 1 is 1.36 bits per heavy atom. The quantitative estimate of drug-likeness (QED) is 0.355. The van der Waals surface area contributed by atoms with Gasteiger partial charge in [0, 0.05) is 32.7 Å². The van der Waals surface area contributed by atoms with Crippen LogP contribution in [0.5, 0.6) is 0 Å². The molecule has 1 aliphatic heterocycles. The van der Waals surface area contributed by atoms with Crippen molar-refractivity contribution in [1.29, 1.82) is 0 Å². The Morgan fingerprint density at radius 3 is 2.84 bits per heavy atom. The zero-order valence-corrected chi connectivity index (χ0v) is 14.2. The molecule has 4 nitrogen and oxygen atoms in total. The second kappa shape index (κ2) is 9.03. The summed E-state index contributed by atoms with van der Waals surface area (Å²) in [7, 11) is 1.63. The molecule has 0 saturated carbocycles. The van der Waals surface area contributed by atoms with Gasteiger partial charge in [0.1, 0.15) is 5.82 Å². The van der Waals surface area contributed by atoms with E-state index in [0.717, 1.165) is 18.4 Å². The molecule has 1 aromatic carbocycles. The minimum atomic E-state index is -4.16. The summed E-state index contributed by atoms with van der Waals surface area (Å²) in [6.07, 6.45) is -1.97. The molecule has 0 radical (unpaired) electrons. The molecule has 2 rings (SSSR count). The summed E-state index contributed by atoms with van der Waals surface area (Å²) in [6.45, 7) is 0.553. The predicted molar refractivity (Wildman–Crippen MR) is 90.1 cm³/mol. The van der Waals surface area contributed by atoms with E-state index in [-0.39, 0.29) is 11.9 Å². The van der Waals surface area contributed by atoms with E-state index >= 15 is 0 Å². The van der Waals surface area contributed by atoms with Crippen molar-refractivity contribution in [2.24, 2.45) is 4.99 Å². The number of rotatable bonds is 6. The van der Waals surface area contributed by atoms with Crippen molar-refractivity contribution in [3.05, 3.63) is 35.6 Å². The van der Waals surface area contributed by atoms with Crippen LogP contribution >= 0.6 is 0 Å². The van der Waals surface area contributed by atoms with Crippen LogP contribution in [-0.4, -0.2) is 56.3 Å². The van der Waals surface area contributed by atoms with Crippen LogP contribution in [0.15, 0.2) is 29.3 Å². The summed E-state index contributed by atoms with van der Waals surface area (Å²) < 4.78 is 50.3. The van der Waals surface area contributed by atoms with Gasteiger partial charge in [-0.3, -0.25) is 9.89 Å². The van der Waals surface area contributed by atoms with E-state index in [4.69, 9.17) is 0 Å². The molecule has 0 aromatic heterocycles. The van der Waals surface area contributed by atoms with Crippen molar-refractivity contribution in [2.45, 2.75) is 31.5 Å². The Bertz CT molecular complexity index is 574. The predicted octanol–water partition coefficient (Wildman–Crippen LogP) is 2.56. The summed E-state index contributed by atoms with van der Waals surface area (Å²) in [4.78, 5) is 5.50. The Labute approximate surface area is 145 Å². The molecule has 0 spiro atoms. The van der Waals surface area contributed by atoms with E-state index in [0.29, 0.717) is 32.0 Å². The lowest BCUT2D eigenvalue weighted by atomic mass is 10.1. The van der Waals surface area contributed by atoms with E-state index in [1.165, 1.54) is 17.0 Å². The van der Waals surface area contributed by atoms with Gasteiger partial charge >= 0.3 is 6.18 Å². The number of nitrogens with zero attached hydrogens (tertiary/aromatic N) is 2. The fourth-order valence-corrected chi connectivity index (χ4v) is 2.93. The molecule has 140 valence electrons. The Hall–Kier alpha value is -1.83. The highest BCUT2D eigenvalue weighted by Crippen LogP contribution is 2.19. The number of alkyl halides is 3. The van der Waals surface area contributed by atoms with Gasteiger partial charge in [-0.1, -0.05) is 12.1 Å². The van der Waals surface area contributed by atoms with E-state index < -0.39 is 12.7 Å². The van der Waals surface area contributed by atoms with Crippen LogP contribution in [0.2, 0.25) is 0 Å². The lowest BCUT2D eigenvalue weighted by Crippen LogP contribution is -2.45. The number of likely N-dealkylation sites (tertiary alicyclic amines) is 1. The molecule has 1 heterocycles. The molecule has 1 fully saturated rings. The minimum Gasteiger partial charge on any atom is -0.356 e. The maximum Gasteiger partial charge on any atom is 0.401 e. The van der Waals surface area contributed by atoms with Crippen molar-refractivity contribution < 1.29 is 17.6 Å². The molecule has 2 N–H and O–H groups in total. The van der Waals surface area contributed by atoms with Crippen molar-refractivity contribution in [3.8, 4) is 0 Å². The first-order valence-electron chi connectivity index (χ1n) is 8.36. The third-order valence-corrected chi connectivity index (χ3v) is 4.06. The monoisotopic (exact) mass is 360 g/mol. The Kier molecular flexibility index (Phi) is 7.04. The summed E-state index contributed by atoms with van der Waals surface area (Å²) in [5, 5.41) is 6.31.